The van der Waals surface area contributed by atoms with Gasteiger partial charge in [0.1, 0.15) is 0 Å². The van der Waals surface area contributed by atoms with Gasteiger partial charge in [-0.05, 0) is 24.1 Å². The summed E-state index contributed by atoms with van der Waals surface area (Å²) in [7, 11) is 0. The highest BCUT2D eigenvalue weighted by Crippen LogP contribution is 2.22. The lowest BCUT2D eigenvalue weighted by Crippen LogP contribution is -1.97. The van der Waals surface area contributed by atoms with Crippen LogP contribution in [0.15, 0.2) is 28.7 Å². The molecular weight excluding hydrogens is 288 g/mol. The molecule has 1 aromatic rings. The molecule has 0 fully saturated rings. The second kappa shape index (κ2) is 9.57. The monoisotopic (exact) mass is 312 g/mol. The second-order valence-electron chi connectivity index (χ2n) is 4.98. The lowest BCUT2D eigenvalue weighted by Gasteiger charge is -2.10. The molecule has 1 N–H and O–H groups in total. The van der Waals surface area contributed by atoms with Crippen molar-refractivity contribution in [1.29, 1.82) is 0 Å². The van der Waals surface area contributed by atoms with Crippen LogP contribution >= 0.6 is 15.9 Å². The van der Waals surface area contributed by atoms with Crippen LogP contribution in [0, 0.1) is 0 Å². The minimum atomic E-state index is -0.297. The van der Waals surface area contributed by atoms with Gasteiger partial charge in [0, 0.05) is 4.47 Å². The lowest BCUT2D eigenvalue weighted by atomic mass is 10.0. The fraction of sp³-hybridized carbons (Fsp3) is 0.625. The van der Waals surface area contributed by atoms with Crippen LogP contribution in [0.4, 0.5) is 0 Å². The van der Waals surface area contributed by atoms with Crippen LogP contribution in [0.5, 0.6) is 0 Å². The van der Waals surface area contributed by atoms with Gasteiger partial charge in [0.05, 0.1) is 6.10 Å². The first-order valence-corrected chi connectivity index (χ1v) is 7.97. The molecule has 0 aliphatic rings. The Bertz CT molecular complexity index is 307. The largest absolute Gasteiger partial charge is 0.388 e. The molecule has 0 aromatic heterocycles. The summed E-state index contributed by atoms with van der Waals surface area (Å²) in [4.78, 5) is 0. The summed E-state index contributed by atoms with van der Waals surface area (Å²) >= 11 is 3.41. The highest BCUT2D eigenvalue weighted by atomic mass is 79.9. The summed E-state index contributed by atoms with van der Waals surface area (Å²) in [6.45, 7) is 2.24. The predicted octanol–water partition coefficient (Wildman–Crippen LogP) is 5.62. The van der Waals surface area contributed by atoms with Gasteiger partial charge in [-0.2, -0.15) is 0 Å². The maximum absolute atomic E-state index is 10.0. The molecule has 2 heteroatoms. The quantitative estimate of drug-likeness (QED) is 0.586. The van der Waals surface area contributed by atoms with Crippen molar-refractivity contribution in [2.75, 3.05) is 0 Å². The third kappa shape index (κ3) is 6.55. The van der Waals surface area contributed by atoms with Gasteiger partial charge >= 0.3 is 0 Å². The Morgan fingerprint density at radius 1 is 0.944 bits per heavy atom. The number of unbranched alkanes of at least 4 members (excludes halogenated alkanes) is 6. The Labute approximate surface area is 120 Å². The molecule has 0 aliphatic heterocycles. The fourth-order valence-electron chi connectivity index (χ4n) is 2.15. The molecule has 0 amide bonds. The highest BCUT2D eigenvalue weighted by molar-refractivity contribution is 9.10. The van der Waals surface area contributed by atoms with E-state index < -0.39 is 0 Å². The van der Waals surface area contributed by atoms with E-state index in [4.69, 9.17) is 0 Å². The molecule has 1 rings (SSSR count). The summed E-state index contributed by atoms with van der Waals surface area (Å²) in [5.74, 6) is 0. The van der Waals surface area contributed by atoms with E-state index in [1.165, 1.54) is 38.5 Å². The smallest absolute Gasteiger partial charge is 0.0790 e. The average molecular weight is 313 g/mol. The van der Waals surface area contributed by atoms with Crippen LogP contribution in [0.2, 0.25) is 0 Å². The van der Waals surface area contributed by atoms with Crippen molar-refractivity contribution in [3.8, 4) is 0 Å². The van der Waals surface area contributed by atoms with E-state index in [-0.39, 0.29) is 6.10 Å². The Kier molecular flexibility index (Phi) is 8.36. The van der Waals surface area contributed by atoms with Crippen molar-refractivity contribution in [1.82, 2.24) is 0 Å². The first-order valence-electron chi connectivity index (χ1n) is 7.17. The Hall–Kier alpha value is -0.340. The molecule has 1 atom stereocenters. The van der Waals surface area contributed by atoms with Crippen molar-refractivity contribution in [2.45, 2.75) is 64.4 Å². The van der Waals surface area contributed by atoms with E-state index in [0.29, 0.717) is 0 Å². The molecule has 18 heavy (non-hydrogen) atoms. The first kappa shape index (κ1) is 15.7. The standard InChI is InChI=1S/C16H25BrO/c1-2-3-4-5-6-7-8-9-16(18)14-10-12-15(17)13-11-14/h10-13,16,18H,2-9H2,1H3. The number of halogens is 1. The molecule has 0 saturated carbocycles. The van der Waals surface area contributed by atoms with E-state index in [1.807, 2.05) is 24.3 Å². The van der Waals surface area contributed by atoms with E-state index >= 15 is 0 Å². The van der Waals surface area contributed by atoms with E-state index in [1.54, 1.807) is 0 Å². The topological polar surface area (TPSA) is 20.2 Å². The van der Waals surface area contributed by atoms with Crippen molar-refractivity contribution >= 4 is 15.9 Å². The zero-order valence-electron chi connectivity index (χ0n) is 11.4. The number of rotatable bonds is 9. The van der Waals surface area contributed by atoms with Gasteiger partial charge in [0.2, 0.25) is 0 Å². The van der Waals surface area contributed by atoms with Gasteiger partial charge < -0.3 is 5.11 Å². The SMILES string of the molecule is CCCCCCCCCC(O)c1ccc(Br)cc1. The number of aliphatic hydroxyl groups excluding tert-OH is 1. The number of benzene rings is 1. The molecule has 0 spiro atoms. The van der Waals surface area contributed by atoms with Gasteiger partial charge in [-0.15, -0.1) is 0 Å². The summed E-state index contributed by atoms with van der Waals surface area (Å²) in [6, 6.07) is 7.97. The Morgan fingerprint density at radius 3 is 2.11 bits per heavy atom. The summed E-state index contributed by atoms with van der Waals surface area (Å²) in [5.41, 5.74) is 1.03. The molecule has 0 radical (unpaired) electrons. The fourth-order valence-corrected chi connectivity index (χ4v) is 2.41. The second-order valence-corrected chi connectivity index (χ2v) is 5.89. The first-order chi connectivity index (χ1) is 8.74. The van der Waals surface area contributed by atoms with Gasteiger partial charge in [0.25, 0.3) is 0 Å². The molecule has 0 bridgehead atoms. The molecule has 0 heterocycles. The van der Waals surface area contributed by atoms with Crippen molar-refractivity contribution in [3.63, 3.8) is 0 Å². The van der Waals surface area contributed by atoms with Crippen LogP contribution in [0.3, 0.4) is 0 Å². The molecule has 0 saturated heterocycles. The van der Waals surface area contributed by atoms with Gasteiger partial charge in [0.15, 0.2) is 0 Å². The minimum absolute atomic E-state index is 0.297. The van der Waals surface area contributed by atoms with Crippen LogP contribution in [-0.2, 0) is 0 Å². The Morgan fingerprint density at radius 2 is 1.50 bits per heavy atom. The normalized spacial score (nSPS) is 12.6. The lowest BCUT2D eigenvalue weighted by molar-refractivity contribution is 0.163. The Balaban J connectivity index is 2.10. The van der Waals surface area contributed by atoms with Crippen LogP contribution in [0.1, 0.15) is 70.0 Å². The van der Waals surface area contributed by atoms with Gasteiger partial charge in [-0.1, -0.05) is 79.9 Å². The maximum atomic E-state index is 10.0. The zero-order chi connectivity index (χ0) is 13.2. The van der Waals surface area contributed by atoms with Crippen LogP contribution in [0.25, 0.3) is 0 Å². The number of aliphatic hydroxyl groups is 1. The molecular formula is C16H25BrO. The van der Waals surface area contributed by atoms with Gasteiger partial charge in [-0.25, -0.2) is 0 Å². The third-order valence-electron chi connectivity index (χ3n) is 3.34. The maximum Gasteiger partial charge on any atom is 0.0790 e. The zero-order valence-corrected chi connectivity index (χ0v) is 13.0. The number of hydrogen-bond donors (Lipinski definition) is 1. The van der Waals surface area contributed by atoms with E-state index in [9.17, 15) is 5.11 Å². The molecule has 0 aliphatic carbocycles. The van der Waals surface area contributed by atoms with E-state index in [2.05, 4.69) is 22.9 Å². The summed E-state index contributed by atoms with van der Waals surface area (Å²) < 4.78 is 1.06. The van der Waals surface area contributed by atoms with Crippen molar-refractivity contribution in [3.05, 3.63) is 34.3 Å². The third-order valence-corrected chi connectivity index (χ3v) is 3.86. The summed E-state index contributed by atoms with van der Waals surface area (Å²) in [6.07, 6.45) is 9.66. The summed E-state index contributed by atoms with van der Waals surface area (Å²) in [5, 5.41) is 10.0. The van der Waals surface area contributed by atoms with Gasteiger partial charge in [-0.3, -0.25) is 0 Å². The van der Waals surface area contributed by atoms with Crippen molar-refractivity contribution in [2.24, 2.45) is 0 Å². The van der Waals surface area contributed by atoms with Crippen LogP contribution in [-0.4, -0.2) is 5.11 Å². The van der Waals surface area contributed by atoms with E-state index in [0.717, 1.165) is 22.9 Å². The average Bonchev–Trinajstić information content (AvgIpc) is 2.38. The van der Waals surface area contributed by atoms with Crippen molar-refractivity contribution < 1.29 is 5.11 Å². The number of hydrogen-bond acceptors (Lipinski definition) is 1. The molecule has 1 unspecified atom stereocenters. The predicted molar refractivity (Wildman–Crippen MR) is 81.7 cm³/mol. The molecule has 1 nitrogen and oxygen atoms in total. The minimum Gasteiger partial charge on any atom is -0.388 e. The molecule has 102 valence electrons. The molecule has 1 aromatic carbocycles. The van der Waals surface area contributed by atoms with Crippen LogP contribution < -0.4 is 0 Å². The highest BCUT2D eigenvalue weighted by Gasteiger charge is 2.06.